The average molecular weight is 314 g/mol. The molecule has 0 aromatic heterocycles. The van der Waals surface area contributed by atoms with Gasteiger partial charge in [-0.05, 0) is 30.0 Å². The third-order valence-corrected chi connectivity index (χ3v) is 3.33. The van der Waals surface area contributed by atoms with Gasteiger partial charge in [-0.25, -0.2) is 4.79 Å². The molecule has 0 bridgehead atoms. The fourth-order valence-corrected chi connectivity index (χ4v) is 1.92. The summed E-state index contributed by atoms with van der Waals surface area (Å²) in [7, 11) is 3.15. The minimum atomic E-state index is -0.933. The molecule has 5 nitrogen and oxygen atoms in total. The normalized spacial score (nSPS) is 12.5. The molecule has 122 valence electrons. The van der Waals surface area contributed by atoms with E-state index in [4.69, 9.17) is 10.00 Å². The van der Waals surface area contributed by atoms with E-state index < -0.39 is 12.1 Å². The fraction of sp³-hybridized carbons (Fsp3) is 0.389. The Kier molecular flexibility index (Phi) is 6.52. The highest BCUT2D eigenvalue weighted by molar-refractivity contribution is 5.99. The van der Waals surface area contributed by atoms with Crippen molar-refractivity contribution in [3.05, 3.63) is 41.0 Å². The maximum absolute atomic E-state index is 12.0. The first kappa shape index (κ1) is 18.4. The summed E-state index contributed by atoms with van der Waals surface area (Å²) in [4.78, 5) is 25.0. The van der Waals surface area contributed by atoms with Crippen molar-refractivity contribution < 1.29 is 14.3 Å². The number of rotatable bonds is 5. The quantitative estimate of drug-likeness (QED) is 0.476. The average Bonchev–Trinajstić information content (AvgIpc) is 2.51. The molecule has 0 aliphatic heterocycles. The Balaban J connectivity index is 2.88. The molecule has 0 N–H and O–H groups in total. The first-order valence-electron chi connectivity index (χ1n) is 7.40. The lowest BCUT2D eigenvalue weighted by atomic mass is 10.0. The molecule has 0 unspecified atom stereocenters. The first-order chi connectivity index (χ1) is 10.8. The Hall–Kier alpha value is -2.61. The van der Waals surface area contributed by atoms with E-state index in [1.165, 1.54) is 23.5 Å². The first-order valence-corrected chi connectivity index (χ1v) is 7.40. The minimum absolute atomic E-state index is 0.138. The molecular formula is C18H22N2O3. The number of hydrogen-bond acceptors (Lipinski definition) is 4. The zero-order chi connectivity index (χ0) is 17.6. The fourth-order valence-electron chi connectivity index (χ4n) is 1.92. The van der Waals surface area contributed by atoms with Crippen LogP contribution in [-0.2, 0) is 14.3 Å². The Bertz CT molecular complexity index is 637. The molecule has 0 aliphatic carbocycles. The summed E-state index contributed by atoms with van der Waals surface area (Å²) in [6.07, 6.45) is 0.525. The van der Waals surface area contributed by atoms with Crippen LogP contribution in [0.5, 0.6) is 0 Å². The molecule has 0 aliphatic rings. The predicted molar refractivity (Wildman–Crippen MR) is 88.4 cm³/mol. The molecule has 0 spiro atoms. The summed E-state index contributed by atoms with van der Waals surface area (Å²) in [6, 6.07) is 9.41. The van der Waals surface area contributed by atoms with Gasteiger partial charge in [0.1, 0.15) is 11.6 Å². The number of hydrogen-bond donors (Lipinski definition) is 0. The van der Waals surface area contributed by atoms with Crippen molar-refractivity contribution in [3.63, 3.8) is 0 Å². The smallest absolute Gasteiger partial charge is 0.349 e. The molecular weight excluding hydrogens is 292 g/mol. The Morgan fingerprint density at radius 1 is 1.17 bits per heavy atom. The monoisotopic (exact) mass is 314 g/mol. The summed E-state index contributed by atoms with van der Waals surface area (Å²) in [6.45, 7) is 5.66. The number of nitriles is 1. The number of likely N-dealkylation sites (N-methyl/N-ethyl adjacent to an activating group) is 1. The Morgan fingerprint density at radius 3 is 2.17 bits per heavy atom. The van der Waals surface area contributed by atoms with Crippen LogP contribution in [0.1, 0.15) is 37.8 Å². The van der Waals surface area contributed by atoms with Crippen LogP contribution < -0.4 is 0 Å². The van der Waals surface area contributed by atoms with Crippen molar-refractivity contribution in [3.8, 4) is 6.07 Å². The van der Waals surface area contributed by atoms with Crippen LogP contribution in [0.4, 0.5) is 0 Å². The van der Waals surface area contributed by atoms with Crippen LogP contribution in [-0.4, -0.2) is 37.0 Å². The molecule has 1 aromatic carbocycles. The van der Waals surface area contributed by atoms with Crippen molar-refractivity contribution in [2.45, 2.75) is 32.8 Å². The van der Waals surface area contributed by atoms with Gasteiger partial charge in [0.2, 0.25) is 0 Å². The number of ether oxygens (including phenoxy) is 1. The number of benzene rings is 1. The van der Waals surface area contributed by atoms with Crippen molar-refractivity contribution in [1.82, 2.24) is 4.90 Å². The van der Waals surface area contributed by atoms with Crippen LogP contribution in [0.25, 0.3) is 6.08 Å². The molecule has 0 fully saturated rings. The number of carbonyl (C=O) groups is 2. The van der Waals surface area contributed by atoms with Gasteiger partial charge in [0.25, 0.3) is 5.91 Å². The molecule has 5 heteroatoms. The highest BCUT2D eigenvalue weighted by Crippen LogP contribution is 2.16. The van der Waals surface area contributed by atoms with Crippen LogP contribution >= 0.6 is 0 Å². The van der Waals surface area contributed by atoms with Gasteiger partial charge in [-0.3, -0.25) is 4.79 Å². The molecule has 1 aromatic rings. The second-order valence-electron chi connectivity index (χ2n) is 5.77. The van der Waals surface area contributed by atoms with E-state index in [0.29, 0.717) is 5.92 Å². The van der Waals surface area contributed by atoms with E-state index in [9.17, 15) is 9.59 Å². The Morgan fingerprint density at radius 2 is 1.74 bits per heavy atom. The molecule has 23 heavy (non-hydrogen) atoms. The SMILES string of the molecule is CC(C)c1ccc(/C=C(\C#N)C(=O)O[C@@H](C)C(=O)N(C)C)cc1. The standard InChI is InChI=1S/C18H22N2O3/c1-12(2)15-8-6-14(7-9-15)10-16(11-19)18(22)23-13(3)17(21)20(4)5/h6-10,12-13H,1-5H3/b16-10+/t13-/m0/s1. The van der Waals surface area contributed by atoms with E-state index in [1.807, 2.05) is 30.3 Å². The highest BCUT2D eigenvalue weighted by atomic mass is 16.5. The van der Waals surface area contributed by atoms with E-state index in [0.717, 1.165) is 5.56 Å². The van der Waals surface area contributed by atoms with Gasteiger partial charge in [0.15, 0.2) is 6.10 Å². The summed E-state index contributed by atoms with van der Waals surface area (Å²) in [5.41, 5.74) is 1.77. The topological polar surface area (TPSA) is 70.4 Å². The third-order valence-electron chi connectivity index (χ3n) is 3.33. The maximum atomic E-state index is 12.0. The molecule has 0 saturated carbocycles. The van der Waals surface area contributed by atoms with Gasteiger partial charge in [0, 0.05) is 14.1 Å². The second kappa shape index (κ2) is 8.14. The zero-order valence-electron chi connectivity index (χ0n) is 14.2. The van der Waals surface area contributed by atoms with Crippen molar-refractivity contribution in [1.29, 1.82) is 5.26 Å². The zero-order valence-corrected chi connectivity index (χ0v) is 14.2. The van der Waals surface area contributed by atoms with E-state index in [1.54, 1.807) is 14.1 Å². The maximum Gasteiger partial charge on any atom is 0.349 e. The summed E-state index contributed by atoms with van der Waals surface area (Å²) >= 11 is 0. The van der Waals surface area contributed by atoms with Crippen molar-refractivity contribution >= 4 is 18.0 Å². The largest absolute Gasteiger partial charge is 0.448 e. The molecule has 1 amide bonds. The van der Waals surface area contributed by atoms with Gasteiger partial charge in [-0.1, -0.05) is 38.1 Å². The number of amides is 1. The van der Waals surface area contributed by atoms with Crippen LogP contribution in [0.2, 0.25) is 0 Å². The predicted octanol–water partition coefficient (Wildman–Crippen LogP) is 2.74. The molecule has 0 heterocycles. The summed E-state index contributed by atoms with van der Waals surface area (Å²) < 4.78 is 5.04. The lowest BCUT2D eigenvalue weighted by Gasteiger charge is -2.16. The van der Waals surface area contributed by atoms with E-state index in [2.05, 4.69) is 13.8 Å². The Labute approximate surface area is 137 Å². The second-order valence-corrected chi connectivity index (χ2v) is 5.77. The molecule has 0 radical (unpaired) electrons. The van der Waals surface area contributed by atoms with Crippen LogP contribution in [0.3, 0.4) is 0 Å². The number of carbonyl (C=O) groups excluding carboxylic acids is 2. The summed E-state index contributed by atoms with van der Waals surface area (Å²) in [5.74, 6) is -0.730. The van der Waals surface area contributed by atoms with Gasteiger partial charge in [-0.15, -0.1) is 0 Å². The molecule has 0 saturated heterocycles. The lowest BCUT2D eigenvalue weighted by molar-refractivity contribution is -0.154. The van der Waals surface area contributed by atoms with Gasteiger partial charge >= 0.3 is 5.97 Å². The minimum Gasteiger partial charge on any atom is -0.448 e. The van der Waals surface area contributed by atoms with Crippen LogP contribution in [0, 0.1) is 11.3 Å². The third kappa shape index (κ3) is 5.26. The highest BCUT2D eigenvalue weighted by Gasteiger charge is 2.21. The van der Waals surface area contributed by atoms with Crippen LogP contribution in [0.15, 0.2) is 29.8 Å². The summed E-state index contributed by atoms with van der Waals surface area (Å²) in [5, 5.41) is 9.15. The number of nitrogens with zero attached hydrogens (tertiary/aromatic N) is 2. The van der Waals surface area contributed by atoms with E-state index >= 15 is 0 Å². The van der Waals surface area contributed by atoms with Crippen molar-refractivity contribution in [2.75, 3.05) is 14.1 Å². The van der Waals surface area contributed by atoms with E-state index in [-0.39, 0.29) is 11.5 Å². The molecule has 1 atom stereocenters. The van der Waals surface area contributed by atoms with Gasteiger partial charge in [0.05, 0.1) is 0 Å². The lowest BCUT2D eigenvalue weighted by Crippen LogP contribution is -2.35. The van der Waals surface area contributed by atoms with Crippen molar-refractivity contribution in [2.24, 2.45) is 0 Å². The number of esters is 1. The van der Waals surface area contributed by atoms with Gasteiger partial charge < -0.3 is 9.64 Å². The van der Waals surface area contributed by atoms with Gasteiger partial charge in [-0.2, -0.15) is 5.26 Å². The molecule has 1 rings (SSSR count).